The van der Waals surface area contributed by atoms with Crippen LogP contribution in [0.25, 0.3) is 0 Å². The van der Waals surface area contributed by atoms with Crippen molar-refractivity contribution in [1.82, 2.24) is 0 Å². The van der Waals surface area contributed by atoms with Gasteiger partial charge in [0.25, 0.3) is 11.8 Å². The van der Waals surface area contributed by atoms with E-state index in [9.17, 15) is 9.59 Å². The van der Waals surface area contributed by atoms with Gasteiger partial charge in [0.15, 0.2) is 0 Å². The maximum absolute atomic E-state index is 12.3. The molecule has 2 amide bonds. The minimum atomic E-state index is -0.621. The van der Waals surface area contributed by atoms with Gasteiger partial charge in [0.1, 0.15) is 5.75 Å². The van der Waals surface area contributed by atoms with E-state index < -0.39 is 11.8 Å². The molecule has 0 aliphatic rings. The first-order valence-electron chi connectivity index (χ1n) is 6.16. The Hall–Kier alpha value is -3.02. The maximum atomic E-state index is 12.3. The lowest BCUT2D eigenvalue weighted by Crippen LogP contribution is -2.19. The fourth-order valence-corrected chi connectivity index (χ4v) is 1.86. The largest absolute Gasteiger partial charge is 0.497 e. The summed E-state index contributed by atoms with van der Waals surface area (Å²) < 4.78 is 5.06. The van der Waals surface area contributed by atoms with Gasteiger partial charge in [-0.3, -0.25) is 9.59 Å². The van der Waals surface area contributed by atoms with E-state index >= 15 is 0 Å². The number of hydrogen-bond acceptors (Lipinski definition) is 4. The van der Waals surface area contributed by atoms with Gasteiger partial charge in [-0.25, -0.2) is 0 Å². The summed E-state index contributed by atoms with van der Waals surface area (Å²) in [5.41, 5.74) is 12.2. The minimum Gasteiger partial charge on any atom is -0.497 e. The van der Waals surface area contributed by atoms with Crippen LogP contribution >= 0.6 is 0 Å². The zero-order valence-electron chi connectivity index (χ0n) is 11.4. The van der Waals surface area contributed by atoms with Gasteiger partial charge in [0.05, 0.1) is 23.9 Å². The van der Waals surface area contributed by atoms with Crippen LogP contribution in [0, 0.1) is 0 Å². The predicted octanol–water partition coefficient (Wildman–Crippen LogP) is 1.63. The molecule has 0 fully saturated rings. The van der Waals surface area contributed by atoms with Crippen LogP contribution in [-0.4, -0.2) is 18.9 Å². The Labute approximate surface area is 121 Å². The van der Waals surface area contributed by atoms with Gasteiger partial charge >= 0.3 is 0 Å². The second-order valence-corrected chi connectivity index (χ2v) is 4.32. The Kier molecular flexibility index (Phi) is 4.08. The van der Waals surface area contributed by atoms with E-state index in [0.717, 1.165) is 0 Å². The van der Waals surface area contributed by atoms with Crippen LogP contribution in [-0.2, 0) is 0 Å². The first-order valence-corrected chi connectivity index (χ1v) is 6.16. The number of benzene rings is 2. The van der Waals surface area contributed by atoms with E-state index in [1.165, 1.54) is 19.2 Å². The van der Waals surface area contributed by atoms with E-state index in [4.69, 9.17) is 16.2 Å². The van der Waals surface area contributed by atoms with Gasteiger partial charge in [-0.05, 0) is 30.3 Å². The number of para-hydroxylation sites is 1. The molecule has 21 heavy (non-hydrogen) atoms. The molecule has 5 N–H and O–H groups in total. The third kappa shape index (κ3) is 3.11. The number of carbonyl (C=O) groups is 2. The topological polar surface area (TPSA) is 107 Å². The number of rotatable bonds is 4. The molecule has 2 rings (SSSR count). The Bertz CT molecular complexity index is 698. The molecule has 108 valence electrons. The van der Waals surface area contributed by atoms with Crippen molar-refractivity contribution in [1.29, 1.82) is 0 Å². The van der Waals surface area contributed by atoms with Gasteiger partial charge in [0.2, 0.25) is 0 Å². The predicted molar refractivity (Wildman–Crippen MR) is 80.3 cm³/mol. The molecular weight excluding hydrogens is 270 g/mol. The van der Waals surface area contributed by atoms with Crippen LogP contribution in [0.2, 0.25) is 0 Å². The van der Waals surface area contributed by atoms with Crippen LogP contribution in [0.1, 0.15) is 20.7 Å². The number of amides is 2. The number of carbonyl (C=O) groups excluding carboxylic acids is 2. The quantitative estimate of drug-likeness (QED) is 0.742. The first kappa shape index (κ1) is 14.4. The van der Waals surface area contributed by atoms with E-state index in [0.29, 0.717) is 17.1 Å². The Morgan fingerprint density at radius 2 is 1.81 bits per heavy atom. The standard InChI is InChI=1S/C15H15N3O3/c1-21-9-6-7-12(16)11(8-9)15(20)18-13-5-3-2-4-10(13)14(17)19/h2-8H,16H2,1H3,(H2,17,19)(H,18,20). The number of nitrogens with two attached hydrogens (primary N) is 2. The van der Waals surface area contributed by atoms with Gasteiger partial charge in [-0.2, -0.15) is 0 Å². The number of nitrogens with one attached hydrogen (secondary N) is 1. The number of ether oxygens (including phenoxy) is 1. The zero-order valence-corrected chi connectivity index (χ0v) is 11.4. The zero-order chi connectivity index (χ0) is 15.4. The molecule has 0 spiro atoms. The minimum absolute atomic E-state index is 0.229. The molecule has 0 heterocycles. The number of nitrogen functional groups attached to an aromatic ring is 1. The Balaban J connectivity index is 2.33. The lowest BCUT2D eigenvalue weighted by Gasteiger charge is -2.11. The van der Waals surface area contributed by atoms with Crippen LogP contribution in [0.15, 0.2) is 42.5 Å². The molecule has 0 saturated carbocycles. The molecule has 0 atom stereocenters. The van der Waals surface area contributed by atoms with Crippen molar-refractivity contribution in [3.05, 3.63) is 53.6 Å². The van der Waals surface area contributed by atoms with Crippen LogP contribution < -0.4 is 21.5 Å². The van der Waals surface area contributed by atoms with Gasteiger partial charge < -0.3 is 21.5 Å². The first-order chi connectivity index (χ1) is 10.0. The monoisotopic (exact) mass is 285 g/mol. The van der Waals surface area contributed by atoms with Crippen LogP contribution in [0.3, 0.4) is 0 Å². The highest BCUT2D eigenvalue weighted by Crippen LogP contribution is 2.22. The molecule has 0 unspecified atom stereocenters. The third-order valence-electron chi connectivity index (χ3n) is 2.95. The summed E-state index contributed by atoms with van der Waals surface area (Å²) in [6, 6.07) is 11.2. The second kappa shape index (κ2) is 5.96. The summed E-state index contributed by atoms with van der Waals surface area (Å²) in [4.78, 5) is 23.6. The summed E-state index contributed by atoms with van der Waals surface area (Å²) in [5.74, 6) is -0.554. The summed E-state index contributed by atoms with van der Waals surface area (Å²) in [5, 5.41) is 2.62. The maximum Gasteiger partial charge on any atom is 0.257 e. The highest BCUT2D eigenvalue weighted by Gasteiger charge is 2.14. The molecule has 0 bridgehead atoms. The SMILES string of the molecule is COc1ccc(N)c(C(=O)Nc2ccccc2C(N)=O)c1. The normalized spacial score (nSPS) is 9.95. The van der Waals surface area contributed by atoms with Crippen molar-refractivity contribution >= 4 is 23.2 Å². The summed E-state index contributed by atoms with van der Waals surface area (Å²) in [7, 11) is 1.50. The van der Waals surface area contributed by atoms with Crippen molar-refractivity contribution < 1.29 is 14.3 Å². The van der Waals surface area contributed by atoms with Crippen molar-refractivity contribution in [2.75, 3.05) is 18.2 Å². The van der Waals surface area contributed by atoms with Gasteiger partial charge in [-0.1, -0.05) is 12.1 Å². The molecule has 6 nitrogen and oxygen atoms in total. The molecule has 2 aromatic rings. The lowest BCUT2D eigenvalue weighted by atomic mass is 10.1. The highest BCUT2D eigenvalue weighted by molar-refractivity contribution is 6.11. The van der Waals surface area contributed by atoms with Crippen molar-refractivity contribution in [3.63, 3.8) is 0 Å². The van der Waals surface area contributed by atoms with Crippen LogP contribution in [0.4, 0.5) is 11.4 Å². The molecule has 6 heteroatoms. The number of primary amides is 1. The molecule has 0 aliphatic carbocycles. The Morgan fingerprint density at radius 3 is 2.48 bits per heavy atom. The van der Waals surface area contributed by atoms with E-state index in [1.54, 1.807) is 30.3 Å². The molecule has 0 aromatic heterocycles. The molecule has 0 aliphatic heterocycles. The van der Waals surface area contributed by atoms with Crippen LogP contribution in [0.5, 0.6) is 5.75 Å². The van der Waals surface area contributed by atoms with Gasteiger partial charge in [-0.15, -0.1) is 0 Å². The highest BCUT2D eigenvalue weighted by atomic mass is 16.5. The van der Waals surface area contributed by atoms with Crippen molar-refractivity contribution in [2.24, 2.45) is 5.73 Å². The second-order valence-electron chi connectivity index (χ2n) is 4.32. The number of methoxy groups -OCH3 is 1. The summed E-state index contributed by atoms with van der Waals surface area (Å²) in [6.45, 7) is 0. The average molecular weight is 285 g/mol. The molecule has 0 radical (unpaired) electrons. The smallest absolute Gasteiger partial charge is 0.257 e. The number of anilines is 2. The summed E-state index contributed by atoms with van der Waals surface area (Å²) >= 11 is 0. The lowest BCUT2D eigenvalue weighted by molar-refractivity contribution is 0.100. The third-order valence-corrected chi connectivity index (χ3v) is 2.95. The van der Waals surface area contributed by atoms with E-state index in [1.807, 2.05) is 0 Å². The fourth-order valence-electron chi connectivity index (χ4n) is 1.86. The summed E-state index contributed by atoms with van der Waals surface area (Å²) in [6.07, 6.45) is 0. The van der Waals surface area contributed by atoms with E-state index in [-0.39, 0.29) is 11.1 Å². The molecular formula is C15H15N3O3. The van der Waals surface area contributed by atoms with Crippen molar-refractivity contribution in [3.8, 4) is 5.75 Å². The van der Waals surface area contributed by atoms with Gasteiger partial charge in [0, 0.05) is 5.69 Å². The van der Waals surface area contributed by atoms with E-state index in [2.05, 4.69) is 5.32 Å². The number of hydrogen-bond donors (Lipinski definition) is 3. The average Bonchev–Trinajstić information content (AvgIpc) is 2.48. The molecule has 2 aromatic carbocycles. The Morgan fingerprint density at radius 1 is 1.10 bits per heavy atom. The molecule has 0 saturated heterocycles. The van der Waals surface area contributed by atoms with Crippen molar-refractivity contribution in [2.45, 2.75) is 0 Å². The fraction of sp³-hybridized carbons (Fsp3) is 0.0667.